The number of halogens is 2. The van der Waals surface area contributed by atoms with Gasteiger partial charge in [0, 0.05) is 22.5 Å². The number of hydrogen-bond acceptors (Lipinski definition) is 2. The molecule has 0 aliphatic rings. The average Bonchev–Trinajstić information content (AvgIpc) is 2.23. The maximum atomic E-state index is 11.5. The molecule has 0 spiro atoms. The molecule has 1 aromatic rings. The van der Waals surface area contributed by atoms with Crippen LogP contribution in [-0.2, 0) is 4.79 Å². The minimum Gasteiger partial charge on any atom is -0.307 e. The Balaban J connectivity index is 2.62. The lowest BCUT2D eigenvalue weighted by Crippen LogP contribution is -2.34. The molecule has 0 unspecified atom stereocenters. The van der Waals surface area contributed by atoms with E-state index in [-0.39, 0.29) is 12.3 Å². The van der Waals surface area contributed by atoms with Gasteiger partial charge in [-0.05, 0) is 24.6 Å². The monoisotopic (exact) mass is 318 g/mol. The van der Waals surface area contributed by atoms with Crippen molar-refractivity contribution >= 4 is 45.2 Å². The van der Waals surface area contributed by atoms with Crippen molar-refractivity contribution in [1.82, 2.24) is 5.32 Å². The van der Waals surface area contributed by atoms with Gasteiger partial charge in [0.05, 0.1) is 0 Å². The maximum absolute atomic E-state index is 11.5. The van der Waals surface area contributed by atoms with E-state index in [4.69, 9.17) is 11.6 Å². The minimum atomic E-state index is -0.554. The lowest BCUT2D eigenvalue weighted by molar-refractivity contribution is -0.119. The fourth-order valence-electron chi connectivity index (χ4n) is 1.16. The number of carbonyl (C=O) groups is 2. The van der Waals surface area contributed by atoms with Crippen LogP contribution in [0.15, 0.2) is 22.7 Å². The highest BCUT2D eigenvalue weighted by molar-refractivity contribution is 9.10. The van der Waals surface area contributed by atoms with Crippen LogP contribution in [0.3, 0.4) is 0 Å². The van der Waals surface area contributed by atoms with Crippen molar-refractivity contribution in [2.75, 3.05) is 11.2 Å². The summed E-state index contributed by atoms with van der Waals surface area (Å²) in [6.45, 7) is 1.86. The first-order valence-electron chi connectivity index (χ1n) is 4.96. The molecule has 4 nitrogen and oxygen atoms in total. The molecule has 0 aromatic heterocycles. The van der Waals surface area contributed by atoms with Gasteiger partial charge in [-0.15, -0.1) is 11.6 Å². The van der Waals surface area contributed by atoms with Gasteiger partial charge in [-0.25, -0.2) is 4.79 Å². The minimum absolute atomic E-state index is 0.118. The van der Waals surface area contributed by atoms with Crippen LogP contribution in [0.25, 0.3) is 0 Å². The number of imide groups is 1. The highest BCUT2D eigenvalue weighted by atomic mass is 79.9. The van der Waals surface area contributed by atoms with E-state index in [1.54, 1.807) is 6.07 Å². The summed E-state index contributed by atoms with van der Waals surface area (Å²) in [5.41, 5.74) is 1.56. The van der Waals surface area contributed by atoms with Crippen molar-refractivity contribution in [3.63, 3.8) is 0 Å². The predicted octanol–water partition coefficient (Wildman–Crippen LogP) is 3.03. The Labute approximate surface area is 113 Å². The van der Waals surface area contributed by atoms with Crippen molar-refractivity contribution in [3.8, 4) is 0 Å². The average molecular weight is 320 g/mol. The highest BCUT2D eigenvalue weighted by Crippen LogP contribution is 2.20. The quantitative estimate of drug-likeness (QED) is 0.841. The summed E-state index contributed by atoms with van der Waals surface area (Å²) in [4.78, 5) is 22.6. The van der Waals surface area contributed by atoms with Gasteiger partial charge in [0.2, 0.25) is 5.91 Å². The molecule has 0 heterocycles. The summed E-state index contributed by atoms with van der Waals surface area (Å²) >= 11 is 8.69. The van der Waals surface area contributed by atoms with Crippen molar-refractivity contribution in [2.45, 2.75) is 13.3 Å². The second-order valence-electron chi connectivity index (χ2n) is 3.40. The number of carbonyl (C=O) groups excluding carboxylic acids is 2. The Morgan fingerprint density at radius 1 is 1.41 bits per heavy atom. The molecule has 0 bridgehead atoms. The summed E-state index contributed by atoms with van der Waals surface area (Å²) in [5.74, 6) is -0.208. The number of nitrogens with one attached hydrogen (secondary N) is 2. The van der Waals surface area contributed by atoms with Crippen molar-refractivity contribution in [1.29, 1.82) is 0 Å². The molecule has 0 saturated carbocycles. The van der Waals surface area contributed by atoms with Gasteiger partial charge in [-0.1, -0.05) is 22.0 Å². The summed E-state index contributed by atoms with van der Waals surface area (Å²) in [5, 5.41) is 4.78. The van der Waals surface area contributed by atoms with Crippen LogP contribution >= 0.6 is 27.5 Å². The molecule has 2 N–H and O–H groups in total. The summed E-state index contributed by atoms with van der Waals surface area (Å²) in [6, 6.07) is 4.94. The van der Waals surface area contributed by atoms with Crippen molar-refractivity contribution in [3.05, 3.63) is 28.2 Å². The second-order valence-corrected chi connectivity index (χ2v) is 4.69. The summed E-state index contributed by atoms with van der Waals surface area (Å²) < 4.78 is 0.852. The van der Waals surface area contributed by atoms with Gasteiger partial charge < -0.3 is 5.32 Å². The standard InChI is InChI=1S/C11H12BrClN2O2/c1-7-2-3-8(12)6-9(7)14-11(17)15-10(16)4-5-13/h2-3,6H,4-5H2,1H3,(H2,14,15,16,17). The first-order valence-corrected chi connectivity index (χ1v) is 6.28. The zero-order valence-corrected chi connectivity index (χ0v) is 11.6. The fourth-order valence-corrected chi connectivity index (χ4v) is 1.69. The van der Waals surface area contributed by atoms with Crippen LogP contribution in [0, 0.1) is 6.92 Å². The Morgan fingerprint density at radius 2 is 2.12 bits per heavy atom. The number of amides is 3. The second kappa shape index (κ2) is 6.61. The van der Waals surface area contributed by atoms with E-state index in [1.807, 2.05) is 19.1 Å². The van der Waals surface area contributed by atoms with E-state index in [0.717, 1.165) is 10.0 Å². The molecule has 1 rings (SSSR count). The van der Waals surface area contributed by atoms with Crippen LogP contribution in [0.4, 0.5) is 10.5 Å². The molecule has 17 heavy (non-hydrogen) atoms. The molecule has 0 saturated heterocycles. The smallest absolute Gasteiger partial charge is 0.307 e. The van der Waals surface area contributed by atoms with Crippen LogP contribution in [0.2, 0.25) is 0 Å². The SMILES string of the molecule is Cc1ccc(Br)cc1NC(=O)NC(=O)CCCl. The zero-order chi connectivity index (χ0) is 12.8. The molecule has 0 fully saturated rings. The van der Waals surface area contributed by atoms with Gasteiger partial charge in [0.1, 0.15) is 0 Å². The Bertz CT molecular complexity index is 437. The van der Waals surface area contributed by atoms with E-state index in [2.05, 4.69) is 26.6 Å². The number of aryl methyl sites for hydroxylation is 1. The number of hydrogen-bond donors (Lipinski definition) is 2. The number of anilines is 1. The van der Waals surface area contributed by atoms with Crippen LogP contribution < -0.4 is 10.6 Å². The van der Waals surface area contributed by atoms with Crippen LogP contribution in [0.5, 0.6) is 0 Å². The Kier molecular flexibility index (Phi) is 5.44. The van der Waals surface area contributed by atoms with Gasteiger partial charge >= 0.3 is 6.03 Å². The zero-order valence-electron chi connectivity index (χ0n) is 9.22. The first-order chi connectivity index (χ1) is 8.02. The molecule has 0 radical (unpaired) electrons. The number of rotatable bonds is 3. The van der Waals surface area contributed by atoms with Gasteiger partial charge in [-0.2, -0.15) is 0 Å². The summed E-state index contributed by atoms with van der Waals surface area (Å²) in [7, 11) is 0. The molecule has 0 atom stereocenters. The van der Waals surface area contributed by atoms with Crippen LogP contribution in [-0.4, -0.2) is 17.8 Å². The third-order valence-electron chi connectivity index (χ3n) is 2.02. The van der Waals surface area contributed by atoms with Gasteiger partial charge in [0.15, 0.2) is 0 Å². The third kappa shape index (κ3) is 4.75. The number of benzene rings is 1. The topological polar surface area (TPSA) is 58.2 Å². The van der Waals surface area contributed by atoms with E-state index < -0.39 is 11.9 Å². The van der Waals surface area contributed by atoms with Gasteiger partial charge in [0.25, 0.3) is 0 Å². The number of urea groups is 1. The van der Waals surface area contributed by atoms with E-state index in [9.17, 15) is 9.59 Å². The third-order valence-corrected chi connectivity index (χ3v) is 2.70. The Hall–Kier alpha value is -1.07. The molecule has 92 valence electrons. The predicted molar refractivity (Wildman–Crippen MR) is 71.4 cm³/mol. The molecule has 3 amide bonds. The maximum Gasteiger partial charge on any atom is 0.325 e. The fraction of sp³-hybridized carbons (Fsp3) is 0.273. The molecule has 0 aliphatic heterocycles. The molecule has 0 aliphatic carbocycles. The van der Waals surface area contributed by atoms with E-state index in [0.29, 0.717) is 5.69 Å². The molecular formula is C11H12BrClN2O2. The van der Waals surface area contributed by atoms with E-state index in [1.165, 1.54) is 0 Å². The van der Waals surface area contributed by atoms with Crippen LogP contribution in [0.1, 0.15) is 12.0 Å². The summed E-state index contributed by atoms with van der Waals surface area (Å²) in [6.07, 6.45) is 0.118. The molecule has 6 heteroatoms. The lowest BCUT2D eigenvalue weighted by Gasteiger charge is -2.09. The molecular weight excluding hydrogens is 307 g/mol. The number of alkyl halides is 1. The van der Waals surface area contributed by atoms with Crippen molar-refractivity contribution in [2.24, 2.45) is 0 Å². The highest BCUT2D eigenvalue weighted by Gasteiger charge is 2.08. The molecule has 1 aromatic carbocycles. The lowest BCUT2D eigenvalue weighted by atomic mass is 10.2. The Morgan fingerprint density at radius 3 is 2.76 bits per heavy atom. The van der Waals surface area contributed by atoms with Gasteiger partial charge in [-0.3, -0.25) is 10.1 Å². The normalized spacial score (nSPS) is 9.82. The van der Waals surface area contributed by atoms with Crippen molar-refractivity contribution < 1.29 is 9.59 Å². The largest absolute Gasteiger partial charge is 0.325 e. The van der Waals surface area contributed by atoms with E-state index >= 15 is 0 Å². The first kappa shape index (κ1) is 14.0.